The standard InChI is InChI=1S/C21H22Cl2N2OS/c1-3-13(2)14-7-9-15(10-8-14)24-21(26)19-12-27-20(25-19)11-16-17(22)5-4-6-18(16)23/h4-10,13,19H,3,11-12H2,1-2H3,(H,24,26). The first-order valence-electron chi connectivity index (χ1n) is 9.01. The highest BCUT2D eigenvalue weighted by Gasteiger charge is 2.26. The van der Waals surface area contributed by atoms with Crippen LogP contribution in [0.5, 0.6) is 0 Å². The molecule has 0 aromatic heterocycles. The molecule has 0 fully saturated rings. The third kappa shape index (κ3) is 5.07. The average molecular weight is 421 g/mol. The number of hydrogen-bond donors (Lipinski definition) is 1. The molecule has 27 heavy (non-hydrogen) atoms. The highest BCUT2D eigenvalue weighted by molar-refractivity contribution is 8.14. The van der Waals surface area contributed by atoms with Crippen LogP contribution in [0.15, 0.2) is 47.5 Å². The fourth-order valence-electron chi connectivity index (χ4n) is 2.86. The van der Waals surface area contributed by atoms with Crippen LogP contribution in [0.1, 0.15) is 37.3 Å². The van der Waals surface area contributed by atoms with E-state index in [1.54, 1.807) is 11.8 Å². The monoisotopic (exact) mass is 420 g/mol. The maximum Gasteiger partial charge on any atom is 0.250 e. The molecular formula is C21H22Cl2N2OS. The zero-order valence-electron chi connectivity index (χ0n) is 15.3. The number of amides is 1. The van der Waals surface area contributed by atoms with E-state index < -0.39 is 0 Å². The average Bonchev–Trinajstić information content (AvgIpc) is 3.14. The minimum absolute atomic E-state index is 0.0842. The van der Waals surface area contributed by atoms with E-state index in [-0.39, 0.29) is 11.9 Å². The van der Waals surface area contributed by atoms with Crippen molar-refractivity contribution >= 4 is 51.6 Å². The highest BCUT2D eigenvalue weighted by atomic mass is 35.5. The zero-order chi connectivity index (χ0) is 19.4. The molecule has 142 valence electrons. The Morgan fingerprint density at radius 2 is 1.89 bits per heavy atom. The lowest BCUT2D eigenvalue weighted by molar-refractivity contribution is -0.116. The van der Waals surface area contributed by atoms with Gasteiger partial charge in [-0.15, -0.1) is 11.8 Å². The molecule has 0 bridgehead atoms. The second-order valence-corrected chi connectivity index (χ2v) is 8.55. The minimum Gasteiger partial charge on any atom is -0.324 e. The molecule has 6 heteroatoms. The lowest BCUT2D eigenvalue weighted by atomic mass is 9.99. The number of thioether (sulfide) groups is 1. The number of rotatable bonds is 6. The molecule has 1 N–H and O–H groups in total. The van der Waals surface area contributed by atoms with Gasteiger partial charge in [-0.3, -0.25) is 9.79 Å². The van der Waals surface area contributed by atoms with Gasteiger partial charge in [0.05, 0.1) is 5.04 Å². The van der Waals surface area contributed by atoms with E-state index in [4.69, 9.17) is 23.2 Å². The molecule has 0 spiro atoms. The van der Waals surface area contributed by atoms with Crippen molar-refractivity contribution in [2.45, 2.75) is 38.6 Å². The van der Waals surface area contributed by atoms with Gasteiger partial charge in [-0.1, -0.05) is 55.2 Å². The van der Waals surface area contributed by atoms with Crippen molar-refractivity contribution in [1.29, 1.82) is 0 Å². The third-order valence-corrected chi connectivity index (χ3v) is 6.53. The molecule has 2 unspecified atom stereocenters. The molecule has 0 radical (unpaired) electrons. The third-order valence-electron chi connectivity index (χ3n) is 4.76. The Morgan fingerprint density at radius 1 is 1.22 bits per heavy atom. The van der Waals surface area contributed by atoms with Gasteiger partial charge in [-0.05, 0) is 47.7 Å². The van der Waals surface area contributed by atoms with Crippen molar-refractivity contribution in [3.63, 3.8) is 0 Å². The first kappa shape index (κ1) is 20.2. The Bertz CT molecular complexity index is 832. The molecule has 1 aliphatic rings. The summed E-state index contributed by atoms with van der Waals surface area (Å²) < 4.78 is 0. The normalized spacial score (nSPS) is 17.5. The van der Waals surface area contributed by atoms with Crippen LogP contribution in [0, 0.1) is 0 Å². The van der Waals surface area contributed by atoms with E-state index >= 15 is 0 Å². The van der Waals surface area contributed by atoms with Gasteiger partial charge in [0.15, 0.2) is 0 Å². The van der Waals surface area contributed by atoms with Gasteiger partial charge in [0.1, 0.15) is 6.04 Å². The molecule has 0 aliphatic carbocycles. The van der Waals surface area contributed by atoms with Crippen molar-refractivity contribution in [2.75, 3.05) is 11.1 Å². The number of benzene rings is 2. The van der Waals surface area contributed by atoms with Crippen LogP contribution >= 0.6 is 35.0 Å². The summed E-state index contributed by atoms with van der Waals surface area (Å²) in [6.07, 6.45) is 1.65. The second kappa shape index (κ2) is 9.13. The van der Waals surface area contributed by atoms with Crippen LogP contribution in [0.25, 0.3) is 0 Å². The van der Waals surface area contributed by atoms with Crippen molar-refractivity contribution in [2.24, 2.45) is 4.99 Å². The fourth-order valence-corrected chi connectivity index (χ4v) is 4.42. The summed E-state index contributed by atoms with van der Waals surface area (Å²) >= 11 is 14.0. The lowest BCUT2D eigenvalue weighted by Gasteiger charge is -2.11. The van der Waals surface area contributed by atoms with Crippen molar-refractivity contribution in [3.05, 3.63) is 63.6 Å². The zero-order valence-corrected chi connectivity index (χ0v) is 17.7. The number of hydrogen-bond acceptors (Lipinski definition) is 3. The van der Waals surface area contributed by atoms with E-state index in [0.29, 0.717) is 28.1 Å². The van der Waals surface area contributed by atoms with Gasteiger partial charge in [0.2, 0.25) is 5.91 Å². The van der Waals surface area contributed by atoms with E-state index in [0.717, 1.165) is 22.7 Å². The Kier molecular flexibility index (Phi) is 6.85. The molecule has 2 atom stereocenters. The van der Waals surface area contributed by atoms with Crippen LogP contribution in [0.3, 0.4) is 0 Å². The van der Waals surface area contributed by atoms with Gasteiger partial charge in [0.25, 0.3) is 0 Å². The molecule has 1 aliphatic heterocycles. The molecule has 1 heterocycles. The molecule has 1 amide bonds. The smallest absolute Gasteiger partial charge is 0.250 e. The molecule has 0 saturated heterocycles. The van der Waals surface area contributed by atoms with Crippen molar-refractivity contribution in [1.82, 2.24) is 0 Å². The van der Waals surface area contributed by atoms with Crippen molar-refractivity contribution < 1.29 is 4.79 Å². The number of carbonyl (C=O) groups excluding carboxylic acids is 1. The van der Waals surface area contributed by atoms with Crippen LogP contribution in [-0.4, -0.2) is 22.7 Å². The van der Waals surface area contributed by atoms with Crippen LogP contribution in [0.2, 0.25) is 10.0 Å². The van der Waals surface area contributed by atoms with Gasteiger partial charge in [-0.2, -0.15) is 0 Å². The number of nitrogens with zero attached hydrogens (tertiary/aromatic N) is 1. The lowest BCUT2D eigenvalue weighted by Crippen LogP contribution is -2.26. The van der Waals surface area contributed by atoms with E-state index in [1.807, 2.05) is 30.3 Å². The van der Waals surface area contributed by atoms with Crippen LogP contribution < -0.4 is 5.32 Å². The Morgan fingerprint density at radius 3 is 2.52 bits per heavy atom. The number of halogens is 2. The summed E-state index contributed by atoms with van der Waals surface area (Å²) in [5, 5.41) is 5.10. The first-order valence-corrected chi connectivity index (χ1v) is 10.7. The largest absolute Gasteiger partial charge is 0.324 e. The maximum atomic E-state index is 12.5. The van der Waals surface area contributed by atoms with Gasteiger partial charge in [-0.25, -0.2) is 0 Å². The first-order chi connectivity index (χ1) is 13.0. The van der Waals surface area contributed by atoms with E-state index in [2.05, 4.69) is 36.3 Å². The van der Waals surface area contributed by atoms with Gasteiger partial charge < -0.3 is 5.32 Å². The van der Waals surface area contributed by atoms with Crippen LogP contribution in [0.4, 0.5) is 5.69 Å². The Balaban J connectivity index is 1.63. The molecular weight excluding hydrogens is 399 g/mol. The summed E-state index contributed by atoms with van der Waals surface area (Å²) in [6, 6.07) is 13.1. The summed E-state index contributed by atoms with van der Waals surface area (Å²) in [4.78, 5) is 17.1. The maximum absolute atomic E-state index is 12.5. The molecule has 2 aromatic carbocycles. The van der Waals surface area contributed by atoms with Gasteiger partial charge in [0, 0.05) is 27.9 Å². The molecule has 0 saturated carbocycles. The van der Waals surface area contributed by atoms with Gasteiger partial charge >= 0.3 is 0 Å². The summed E-state index contributed by atoms with van der Waals surface area (Å²) in [5.74, 6) is 1.07. The predicted molar refractivity (Wildman–Crippen MR) is 118 cm³/mol. The summed E-state index contributed by atoms with van der Waals surface area (Å²) in [5.41, 5.74) is 2.94. The molecule has 3 nitrogen and oxygen atoms in total. The number of nitrogens with one attached hydrogen (secondary N) is 1. The summed E-state index contributed by atoms with van der Waals surface area (Å²) in [6.45, 7) is 4.37. The quantitative estimate of drug-likeness (QED) is 0.603. The SMILES string of the molecule is CCC(C)c1ccc(NC(=O)C2CSC(Cc3c(Cl)cccc3Cl)=N2)cc1. The summed E-state index contributed by atoms with van der Waals surface area (Å²) in [7, 11) is 0. The van der Waals surface area contributed by atoms with Crippen molar-refractivity contribution in [3.8, 4) is 0 Å². The fraction of sp³-hybridized carbons (Fsp3) is 0.333. The van der Waals surface area contributed by atoms with E-state index in [1.165, 1.54) is 5.56 Å². The second-order valence-electron chi connectivity index (χ2n) is 6.65. The number of aliphatic imine (C=N–C) groups is 1. The predicted octanol–water partition coefficient (Wildman–Crippen LogP) is 6.20. The van der Waals surface area contributed by atoms with E-state index in [9.17, 15) is 4.79 Å². The molecule has 3 rings (SSSR count). The number of anilines is 1. The topological polar surface area (TPSA) is 41.5 Å². The van der Waals surface area contributed by atoms with Crippen LogP contribution in [-0.2, 0) is 11.2 Å². The Labute approximate surface area is 174 Å². The minimum atomic E-state index is -0.388. The molecule has 2 aromatic rings. The number of carbonyl (C=O) groups is 1. The Hall–Kier alpha value is -1.49. The highest BCUT2D eigenvalue weighted by Crippen LogP contribution is 2.29.